The number of piperazine rings is 1. The second kappa shape index (κ2) is 6.48. The number of nitrogens with zero attached hydrogens (tertiary/aromatic N) is 2. The Morgan fingerprint density at radius 2 is 1.88 bits per heavy atom. The summed E-state index contributed by atoms with van der Waals surface area (Å²) in [7, 11) is 1.66. The van der Waals surface area contributed by atoms with Gasteiger partial charge in [0.2, 0.25) is 0 Å². The van der Waals surface area contributed by atoms with Crippen molar-refractivity contribution in [3.63, 3.8) is 0 Å². The minimum atomic E-state index is 0.0110. The largest absolute Gasteiger partial charge is 0.497 e. The van der Waals surface area contributed by atoms with E-state index in [-0.39, 0.29) is 5.91 Å². The molecule has 1 amide bonds. The number of aromatic amines is 1. The van der Waals surface area contributed by atoms with Gasteiger partial charge in [-0.15, -0.1) is 0 Å². The molecule has 0 spiro atoms. The van der Waals surface area contributed by atoms with Crippen LogP contribution in [0.3, 0.4) is 0 Å². The number of furan rings is 1. The maximum atomic E-state index is 12.7. The molecular formula is C18H18BrN3O3. The minimum Gasteiger partial charge on any atom is -0.497 e. The molecular weight excluding hydrogens is 386 g/mol. The SMILES string of the molecule is COc1ccc(N2CCN(C(=O)c3cc4oc(Br)cc4[nH]3)CC2)cc1. The summed E-state index contributed by atoms with van der Waals surface area (Å²) >= 11 is 3.28. The van der Waals surface area contributed by atoms with Gasteiger partial charge < -0.3 is 23.9 Å². The van der Waals surface area contributed by atoms with Crippen LogP contribution in [-0.4, -0.2) is 49.1 Å². The molecule has 0 radical (unpaired) electrons. The van der Waals surface area contributed by atoms with Crippen LogP contribution in [0.2, 0.25) is 0 Å². The molecule has 1 aliphatic rings. The first-order chi connectivity index (χ1) is 12.1. The quantitative estimate of drug-likeness (QED) is 0.726. The Kier molecular flexibility index (Phi) is 4.17. The first-order valence-corrected chi connectivity index (χ1v) is 8.89. The molecule has 2 aromatic heterocycles. The lowest BCUT2D eigenvalue weighted by molar-refractivity contribution is 0.0742. The highest BCUT2D eigenvalue weighted by Gasteiger charge is 2.24. The van der Waals surface area contributed by atoms with Crippen LogP contribution in [0.1, 0.15) is 10.5 Å². The summed E-state index contributed by atoms with van der Waals surface area (Å²) in [4.78, 5) is 20.0. The first kappa shape index (κ1) is 16.1. The zero-order chi connectivity index (χ0) is 17.4. The number of benzene rings is 1. The number of H-pyrrole nitrogens is 1. The van der Waals surface area contributed by atoms with E-state index in [0.29, 0.717) is 29.0 Å². The van der Waals surface area contributed by atoms with Crippen molar-refractivity contribution in [1.82, 2.24) is 9.88 Å². The van der Waals surface area contributed by atoms with Gasteiger partial charge in [-0.1, -0.05) is 0 Å². The van der Waals surface area contributed by atoms with E-state index in [4.69, 9.17) is 9.15 Å². The molecule has 1 aliphatic heterocycles. The minimum absolute atomic E-state index is 0.0110. The molecule has 25 heavy (non-hydrogen) atoms. The number of carbonyl (C=O) groups is 1. The first-order valence-electron chi connectivity index (χ1n) is 8.10. The number of methoxy groups -OCH3 is 1. The zero-order valence-corrected chi connectivity index (χ0v) is 15.4. The molecule has 0 unspecified atom stereocenters. The molecule has 1 fully saturated rings. The van der Waals surface area contributed by atoms with Gasteiger partial charge in [-0.05, 0) is 40.2 Å². The predicted octanol–water partition coefficient (Wildman–Crippen LogP) is 3.49. The van der Waals surface area contributed by atoms with Crippen molar-refractivity contribution in [2.24, 2.45) is 0 Å². The highest BCUT2D eigenvalue weighted by atomic mass is 79.9. The monoisotopic (exact) mass is 403 g/mol. The molecule has 0 saturated carbocycles. The molecule has 7 heteroatoms. The normalized spacial score (nSPS) is 15.0. The summed E-state index contributed by atoms with van der Waals surface area (Å²) in [5.41, 5.74) is 3.23. The second-order valence-corrected chi connectivity index (χ2v) is 6.77. The number of halogens is 1. The third kappa shape index (κ3) is 3.11. The summed E-state index contributed by atoms with van der Waals surface area (Å²) in [5.74, 6) is 0.858. The van der Waals surface area contributed by atoms with Crippen molar-refractivity contribution in [3.8, 4) is 5.75 Å². The van der Waals surface area contributed by atoms with E-state index in [9.17, 15) is 4.79 Å². The van der Waals surface area contributed by atoms with E-state index in [1.165, 1.54) is 0 Å². The number of hydrogen-bond acceptors (Lipinski definition) is 4. The van der Waals surface area contributed by atoms with Crippen molar-refractivity contribution in [3.05, 3.63) is 46.8 Å². The van der Waals surface area contributed by atoms with Gasteiger partial charge in [-0.25, -0.2) is 0 Å². The van der Waals surface area contributed by atoms with E-state index in [1.54, 1.807) is 13.2 Å². The van der Waals surface area contributed by atoms with Crippen LogP contribution < -0.4 is 9.64 Å². The van der Waals surface area contributed by atoms with Crippen LogP contribution in [0.4, 0.5) is 5.69 Å². The van der Waals surface area contributed by atoms with Gasteiger partial charge in [0.05, 0.1) is 12.6 Å². The molecule has 1 saturated heterocycles. The number of nitrogens with one attached hydrogen (secondary N) is 1. The molecule has 3 heterocycles. The van der Waals surface area contributed by atoms with Crippen molar-refractivity contribution >= 4 is 38.6 Å². The van der Waals surface area contributed by atoms with Crippen LogP contribution in [0.15, 0.2) is 45.5 Å². The third-order valence-corrected chi connectivity index (χ3v) is 4.90. The van der Waals surface area contributed by atoms with Gasteiger partial charge in [0.25, 0.3) is 5.91 Å². The predicted molar refractivity (Wildman–Crippen MR) is 99.4 cm³/mol. The van der Waals surface area contributed by atoms with E-state index in [1.807, 2.05) is 35.2 Å². The highest BCUT2D eigenvalue weighted by molar-refractivity contribution is 9.10. The van der Waals surface area contributed by atoms with Crippen LogP contribution >= 0.6 is 15.9 Å². The summed E-state index contributed by atoms with van der Waals surface area (Å²) in [6.45, 7) is 2.99. The smallest absolute Gasteiger partial charge is 0.270 e. The van der Waals surface area contributed by atoms with Crippen molar-refractivity contribution in [1.29, 1.82) is 0 Å². The van der Waals surface area contributed by atoms with Gasteiger partial charge >= 0.3 is 0 Å². The highest BCUT2D eigenvalue weighted by Crippen LogP contribution is 2.25. The van der Waals surface area contributed by atoms with Crippen molar-refractivity contribution < 1.29 is 13.9 Å². The number of rotatable bonds is 3. The van der Waals surface area contributed by atoms with Crippen LogP contribution in [0.5, 0.6) is 5.75 Å². The van der Waals surface area contributed by atoms with Crippen molar-refractivity contribution in [2.45, 2.75) is 0 Å². The van der Waals surface area contributed by atoms with E-state index in [0.717, 1.165) is 30.0 Å². The number of fused-ring (bicyclic) bond motifs is 1. The molecule has 4 rings (SSSR count). The Bertz CT molecular complexity index is 861. The van der Waals surface area contributed by atoms with Gasteiger partial charge in [-0.2, -0.15) is 0 Å². The Balaban J connectivity index is 1.41. The summed E-state index contributed by atoms with van der Waals surface area (Å²) in [6.07, 6.45) is 0. The van der Waals surface area contributed by atoms with Crippen LogP contribution in [-0.2, 0) is 0 Å². The lowest BCUT2D eigenvalue weighted by atomic mass is 10.2. The number of aromatic nitrogens is 1. The van der Waals surface area contributed by atoms with Gasteiger partial charge in [-0.3, -0.25) is 4.79 Å². The summed E-state index contributed by atoms with van der Waals surface area (Å²) in [6, 6.07) is 11.6. The summed E-state index contributed by atoms with van der Waals surface area (Å²) < 4.78 is 11.3. The lowest BCUT2D eigenvalue weighted by Crippen LogP contribution is -2.48. The molecule has 0 atom stereocenters. The number of anilines is 1. The van der Waals surface area contributed by atoms with Crippen LogP contribution in [0, 0.1) is 0 Å². The van der Waals surface area contributed by atoms with Crippen molar-refractivity contribution in [2.75, 3.05) is 38.2 Å². The number of carbonyl (C=O) groups excluding carboxylic acids is 1. The fourth-order valence-electron chi connectivity index (χ4n) is 3.14. The van der Waals surface area contributed by atoms with Gasteiger partial charge in [0.15, 0.2) is 10.3 Å². The van der Waals surface area contributed by atoms with Gasteiger partial charge in [0.1, 0.15) is 11.4 Å². The average molecular weight is 404 g/mol. The molecule has 3 aromatic rings. The Labute approximate surface area is 153 Å². The Morgan fingerprint density at radius 1 is 1.16 bits per heavy atom. The number of amides is 1. The van der Waals surface area contributed by atoms with E-state index < -0.39 is 0 Å². The standard InChI is InChI=1S/C18H18BrN3O3/c1-24-13-4-2-12(3-5-13)21-6-8-22(9-7-21)18(23)15-10-16-14(20-15)11-17(19)25-16/h2-5,10-11,20H,6-9H2,1H3. The molecule has 130 valence electrons. The maximum Gasteiger partial charge on any atom is 0.270 e. The topological polar surface area (TPSA) is 61.7 Å². The molecule has 0 aliphatic carbocycles. The fraction of sp³-hybridized carbons (Fsp3) is 0.278. The molecule has 1 aromatic carbocycles. The third-order valence-electron chi connectivity index (χ3n) is 4.51. The van der Waals surface area contributed by atoms with E-state index >= 15 is 0 Å². The van der Waals surface area contributed by atoms with E-state index in [2.05, 4.69) is 25.8 Å². The summed E-state index contributed by atoms with van der Waals surface area (Å²) in [5, 5.41) is 0. The number of hydrogen-bond donors (Lipinski definition) is 1. The lowest BCUT2D eigenvalue weighted by Gasteiger charge is -2.36. The average Bonchev–Trinajstić information content (AvgIpc) is 3.19. The molecule has 6 nitrogen and oxygen atoms in total. The Hall–Kier alpha value is -2.41. The maximum absolute atomic E-state index is 12.7. The zero-order valence-electron chi connectivity index (χ0n) is 13.8. The molecule has 0 bridgehead atoms. The molecule has 1 N–H and O–H groups in total. The van der Waals surface area contributed by atoms with Crippen LogP contribution in [0.25, 0.3) is 11.1 Å². The Morgan fingerprint density at radius 3 is 2.52 bits per heavy atom. The second-order valence-electron chi connectivity index (χ2n) is 5.99. The number of ether oxygens (including phenoxy) is 1. The fourth-order valence-corrected chi connectivity index (χ4v) is 3.54. The van der Waals surface area contributed by atoms with Gasteiger partial charge in [0, 0.05) is 44.0 Å².